The van der Waals surface area contributed by atoms with Crippen LogP contribution in [0.4, 0.5) is 4.39 Å². The van der Waals surface area contributed by atoms with Crippen molar-refractivity contribution in [1.29, 1.82) is 0 Å². The van der Waals surface area contributed by atoms with Gasteiger partial charge in [-0.15, -0.1) is 0 Å². The lowest BCUT2D eigenvalue weighted by molar-refractivity contribution is 0.169. The molecule has 1 aliphatic heterocycles. The number of piperidine rings is 1. The van der Waals surface area contributed by atoms with Crippen LogP contribution in [0.1, 0.15) is 18.4 Å². The lowest BCUT2D eigenvalue weighted by Crippen LogP contribution is -2.38. The highest BCUT2D eigenvalue weighted by atomic mass is 35.5. The molecule has 2 N–H and O–H groups in total. The van der Waals surface area contributed by atoms with E-state index >= 15 is 0 Å². The topological polar surface area (TPSA) is 29.3 Å². The number of hydrogen-bond acceptors (Lipinski definition) is 2. The molecule has 4 heteroatoms. The molecule has 0 saturated carbocycles. The highest BCUT2D eigenvalue weighted by Crippen LogP contribution is 2.20. The van der Waals surface area contributed by atoms with Crippen LogP contribution >= 0.6 is 11.6 Å². The van der Waals surface area contributed by atoms with Crippen LogP contribution < -0.4 is 5.73 Å². The van der Waals surface area contributed by atoms with Gasteiger partial charge in [-0.3, -0.25) is 4.90 Å². The van der Waals surface area contributed by atoms with Crippen LogP contribution in [0, 0.1) is 11.7 Å². The lowest BCUT2D eigenvalue weighted by atomic mass is 9.98. The third-order valence-corrected chi connectivity index (χ3v) is 3.58. The summed E-state index contributed by atoms with van der Waals surface area (Å²) in [6, 6.07) is 4.88. The van der Waals surface area contributed by atoms with E-state index in [-0.39, 0.29) is 5.82 Å². The Kier molecular flexibility index (Phi) is 4.37. The van der Waals surface area contributed by atoms with E-state index in [0.717, 1.165) is 26.1 Å². The van der Waals surface area contributed by atoms with E-state index in [0.29, 0.717) is 23.0 Å². The Bertz CT molecular complexity index is 384. The Morgan fingerprint density at radius 3 is 3.00 bits per heavy atom. The van der Waals surface area contributed by atoms with Gasteiger partial charge in [-0.1, -0.05) is 17.7 Å². The monoisotopic (exact) mass is 256 g/mol. The van der Waals surface area contributed by atoms with Crippen molar-refractivity contribution in [1.82, 2.24) is 4.90 Å². The summed E-state index contributed by atoms with van der Waals surface area (Å²) in [6.07, 6.45) is 2.34. The molecule has 0 amide bonds. The van der Waals surface area contributed by atoms with Crippen LogP contribution in [0.2, 0.25) is 5.02 Å². The van der Waals surface area contributed by atoms with E-state index in [2.05, 4.69) is 4.90 Å². The van der Waals surface area contributed by atoms with Gasteiger partial charge in [0.05, 0.1) is 0 Å². The predicted octanol–water partition coefficient (Wildman–Crippen LogP) is 2.65. The number of likely N-dealkylation sites (tertiary alicyclic amines) is 1. The second-order valence-electron chi connectivity index (χ2n) is 4.71. The zero-order valence-electron chi connectivity index (χ0n) is 9.83. The Balaban J connectivity index is 2.00. The van der Waals surface area contributed by atoms with Crippen molar-refractivity contribution in [2.45, 2.75) is 19.4 Å². The molecular formula is C13H18ClFN2. The van der Waals surface area contributed by atoms with E-state index in [1.165, 1.54) is 12.5 Å². The van der Waals surface area contributed by atoms with Crippen molar-refractivity contribution in [3.05, 3.63) is 34.6 Å². The number of halogens is 2. The molecule has 2 nitrogen and oxygen atoms in total. The van der Waals surface area contributed by atoms with Gasteiger partial charge < -0.3 is 5.73 Å². The first kappa shape index (κ1) is 12.8. The normalized spacial score (nSPS) is 21.7. The average Bonchev–Trinajstić information content (AvgIpc) is 2.33. The fourth-order valence-electron chi connectivity index (χ4n) is 2.38. The summed E-state index contributed by atoms with van der Waals surface area (Å²) >= 11 is 5.74. The van der Waals surface area contributed by atoms with Crippen molar-refractivity contribution in [2.24, 2.45) is 11.7 Å². The van der Waals surface area contributed by atoms with Crippen molar-refractivity contribution >= 4 is 11.6 Å². The first-order valence-corrected chi connectivity index (χ1v) is 6.43. The summed E-state index contributed by atoms with van der Waals surface area (Å²) in [5.74, 6) is 0.339. The van der Waals surface area contributed by atoms with Gasteiger partial charge in [0.15, 0.2) is 0 Å². The molecule has 0 spiro atoms. The van der Waals surface area contributed by atoms with Crippen molar-refractivity contribution in [3.8, 4) is 0 Å². The highest BCUT2D eigenvalue weighted by molar-refractivity contribution is 6.30. The highest BCUT2D eigenvalue weighted by Gasteiger charge is 2.19. The van der Waals surface area contributed by atoms with E-state index in [9.17, 15) is 4.39 Å². The van der Waals surface area contributed by atoms with E-state index in [1.54, 1.807) is 12.1 Å². The minimum Gasteiger partial charge on any atom is -0.330 e. The second kappa shape index (κ2) is 5.80. The number of nitrogens with zero attached hydrogens (tertiary/aromatic N) is 1. The fourth-order valence-corrected chi connectivity index (χ4v) is 2.54. The minimum absolute atomic E-state index is 0.215. The molecule has 1 aromatic carbocycles. The van der Waals surface area contributed by atoms with Crippen LogP contribution in [-0.4, -0.2) is 24.5 Å². The Morgan fingerprint density at radius 1 is 1.47 bits per heavy atom. The standard InChI is InChI=1S/C13H18ClFN2/c14-12-4-3-11(13(15)6-12)9-17-5-1-2-10(7-16)8-17/h3-4,6,10H,1-2,5,7-9,16H2. The molecule has 94 valence electrons. The molecule has 2 rings (SSSR count). The van der Waals surface area contributed by atoms with E-state index in [1.807, 2.05) is 0 Å². The quantitative estimate of drug-likeness (QED) is 0.901. The average molecular weight is 257 g/mol. The summed E-state index contributed by atoms with van der Waals surface area (Å²) < 4.78 is 13.6. The van der Waals surface area contributed by atoms with E-state index in [4.69, 9.17) is 17.3 Å². The number of hydrogen-bond donors (Lipinski definition) is 1. The maximum Gasteiger partial charge on any atom is 0.129 e. The van der Waals surface area contributed by atoms with Crippen molar-refractivity contribution < 1.29 is 4.39 Å². The van der Waals surface area contributed by atoms with Gasteiger partial charge in [0.25, 0.3) is 0 Å². The van der Waals surface area contributed by atoms with Crippen LogP contribution in [0.5, 0.6) is 0 Å². The molecule has 1 atom stereocenters. The molecule has 1 unspecified atom stereocenters. The van der Waals surface area contributed by atoms with Crippen LogP contribution in [0.3, 0.4) is 0 Å². The SMILES string of the molecule is NCC1CCCN(Cc2ccc(Cl)cc2F)C1. The van der Waals surface area contributed by atoms with Gasteiger partial charge in [-0.05, 0) is 44.0 Å². The van der Waals surface area contributed by atoms with Gasteiger partial charge in [0.2, 0.25) is 0 Å². The zero-order chi connectivity index (χ0) is 12.3. The fraction of sp³-hybridized carbons (Fsp3) is 0.538. The summed E-state index contributed by atoms with van der Waals surface area (Å²) in [4.78, 5) is 2.27. The van der Waals surface area contributed by atoms with Crippen LogP contribution in [0.25, 0.3) is 0 Å². The largest absolute Gasteiger partial charge is 0.330 e. The lowest BCUT2D eigenvalue weighted by Gasteiger charge is -2.32. The minimum atomic E-state index is -0.215. The second-order valence-corrected chi connectivity index (χ2v) is 5.15. The number of benzene rings is 1. The molecule has 1 fully saturated rings. The zero-order valence-corrected chi connectivity index (χ0v) is 10.6. The first-order valence-electron chi connectivity index (χ1n) is 6.05. The van der Waals surface area contributed by atoms with Crippen molar-refractivity contribution in [2.75, 3.05) is 19.6 Å². The summed E-state index contributed by atoms with van der Waals surface area (Å²) in [5.41, 5.74) is 6.41. The molecule has 17 heavy (non-hydrogen) atoms. The molecule has 0 aromatic heterocycles. The van der Waals surface area contributed by atoms with Crippen LogP contribution in [-0.2, 0) is 6.54 Å². The maximum atomic E-state index is 13.6. The molecule has 1 aromatic rings. The van der Waals surface area contributed by atoms with Crippen LogP contribution in [0.15, 0.2) is 18.2 Å². The predicted molar refractivity (Wildman–Crippen MR) is 68.5 cm³/mol. The first-order chi connectivity index (χ1) is 8.19. The third-order valence-electron chi connectivity index (χ3n) is 3.35. The number of nitrogens with two attached hydrogens (primary N) is 1. The van der Waals surface area contributed by atoms with Crippen molar-refractivity contribution in [3.63, 3.8) is 0 Å². The molecular weight excluding hydrogens is 239 g/mol. The molecule has 0 bridgehead atoms. The van der Waals surface area contributed by atoms with Gasteiger partial charge >= 0.3 is 0 Å². The van der Waals surface area contributed by atoms with Gasteiger partial charge in [0.1, 0.15) is 5.82 Å². The third kappa shape index (κ3) is 3.41. The van der Waals surface area contributed by atoms with Gasteiger partial charge in [-0.25, -0.2) is 4.39 Å². The summed E-state index contributed by atoms with van der Waals surface area (Å²) in [7, 11) is 0. The summed E-state index contributed by atoms with van der Waals surface area (Å²) in [6.45, 7) is 3.37. The smallest absolute Gasteiger partial charge is 0.129 e. The Morgan fingerprint density at radius 2 is 2.29 bits per heavy atom. The Hall–Kier alpha value is -0.640. The van der Waals surface area contributed by atoms with Gasteiger partial charge in [0, 0.05) is 23.7 Å². The molecule has 1 heterocycles. The Labute approximate surface area is 107 Å². The van der Waals surface area contributed by atoms with E-state index < -0.39 is 0 Å². The summed E-state index contributed by atoms with van der Waals surface area (Å²) in [5, 5.41) is 0.449. The molecule has 0 radical (unpaired) electrons. The molecule has 0 aliphatic carbocycles. The molecule has 1 saturated heterocycles. The number of rotatable bonds is 3. The molecule has 1 aliphatic rings. The van der Waals surface area contributed by atoms with Gasteiger partial charge in [-0.2, -0.15) is 0 Å². The maximum absolute atomic E-state index is 13.6.